The molecule has 3 rings (SSSR count). The molecule has 0 radical (unpaired) electrons. The number of pyridine rings is 2. The minimum Gasteiger partial charge on any atom is -0.256 e. The maximum absolute atomic E-state index is 8.49. The van der Waals surface area contributed by atoms with Gasteiger partial charge in [0.15, 0.2) is 12.4 Å². The van der Waals surface area contributed by atoms with Gasteiger partial charge >= 0.3 is 0 Å². The first-order valence-electron chi connectivity index (χ1n) is 6.25. The summed E-state index contributed by atoms with van der Waals surface area (Å²) in [6.07, 6.45) is 6.02. The van der Waals surface area contributed by atoms with Gasteiger partial charge in [-0.25, -0.2) is 23.2 Å². The Kier molecular flexibility index (Phi) is 5.02. The first kappa shape index (κ1) is 16.3. The standard InChI is InChI=1S/C15H13N2.ClHO4/c1-17-8-6-12(7-9-17)14-10-13-4-2-3-5-15(13)16-11-14;2-1(3,4)5/h2-11H,1H3;(H,2,3,4,5)/q+1;/p-1. The number of halogens is 1. The number of hydrogen-bond acceptors (Lipinski definition) is 5. The van der Waals surface area contributed by atoms with E-state index >= 15 is 0 Å². The predicted molar refractivity (Wildman–Crippen MR) is 68.4 cm³/mol. The van der Waals surface area contributed by atoms with E-state index in [1.807, 2.05) is 48.4 Å². The summed E-state index contributed by atoms with van der Waals surface area (Å²) in [5.74, 6) is 0. The smallest absolute Gasteiger partial charge is 0.169 e. The fourth-order valence-electron chi connectivity index (χ4n) is 1.92. The van der Waals surface area contributed by atoms with E-state index in [9.17, 15) is 0 Å². The summed E-state index contributed by atoms with van der Waals surface area (Å²) >= 11 is 0. The van der Waals surface area contributed by atoms with Crippen LogP contribution in [0.5, 0.6) is 0 Å². The van der Waals surface area contributed by atoms with E-state index in [0.717, 1.165) is 11.1 Å². The molecule has 0 saturated carbocycles. The Hall–Kier alpha value is -2.09. The molecule has 0 aliphatic carbocycles. The highest BCUT2D eigenvalue weighted by Crippen LogP contribution is 2.21. The highest BCUT2D eigenvalue weighted by molar-refractivity contribution is 5.83. The molecule has 2 aromatic heterocycles. The Morgan fingerprint density at radius 2 is 1.50 bits per heavy atom. The quantitative estimate of drug-likeness (QED) is 0.480. The minimum atomic E-state index is -4.94. The number of rotatable bonds is 1. The van der Waals surface area contributed by atoms with Crippen molar-refractivity contribution in [1.82, 2.24) is 4.98 Å². The second kappa shape index (κ2) is 6.78. The summed E-state index contributed by atoms with van der Waals surface area (Å²) in [6, 6.07) is 14.6. The number of benzene rings is 1. The van der Waals surface area contributed by atoms with Crippen molar-refractivity contribution in [3.05, 3.63) is 61.1 Å². The van der Waals surface area contributed by atoms with Crippen LogP contribution in [0.3, 0.4) is 0 Å². The normalized spacial score (nSPS) is 11.0. The van der Waals surface area contributed by atoms with E-state index in [2.05, 4.69) is 29.2 Å². The summed E-state index contributed by atoms with van der Waals surface area (Å²) in [7, 11) is -2.93. The van der Waals surface area contributed by atoms with Crippen LogP contribution in [0.15, 0.2) is 61.1 Å². The van der Waals surface area contributed by atoms with Crippen LogP contribution in [-0.4, -0.2) is 4.98 Å². The molecule has 114 valence electrons. The number of aromatic nitrogens is 2. The van der Waals surface area contributed by atoms with Crippen LogP contribution in [0, 0.1) is 10.2 Å². The van der Waals surface area contributed by atoms with E-state index < -0.39 is 10.2 Å². The Morgan fingerprint density at radius 1 is 0.909 bits per heavy atom. The summed E-state index contributed by atoms with van der Waals surface area (Å²) < 4.78 is 36.0. The third kappa shape index (κ3) is 5.03. The van der Waals surface area contributed by atoms with Crippen LogP contribution in [0.1, 0.15) is 0 Å². The van der Waals surface area contributed by atoms with Crippen LogP contribution in [0.25, 0.3) is 22.0 Å². The molecule has 22 heavy (non-hydrogen) atoms. The van der Waals surface area contributed by atoms with E-state index in [1.54, 1.807) is 0 Å². The topological polar surface area (TPSA) is 109 Å². The first-order valence-corrected chi connectivity index (χ1v) is 7.48. The van der Waals surface area contributed by atoms with Crippen molar-refractivity contribution < 1.29 is 33.4 Å². The SMILES string of the molecule is C[n+]1ccc(-c2cnc3ccccc3c2)cc1.[O-][Cl+3]([O-])([O-])[O-]. The summed E-state index contributed by atoms with van der Waals surface area (Å²) in [5.41, 5.74) is 3.39. The van der Waals surface area contributed by atoms with Crippen molar-refractivity contribution >= 4 is 10.9 Å². The zero-order chi connectivity index (χ0) is 16.2. The van der Waals surface area contributed by atoms with E-state index in [0.29, 0.717) is 0 Å². The van der Waals surface area contributed by atoms with Crippen molar-refractivity contribution in [2.75, 3.05) is 0 Å². The lowest BCUT2D eigenvalue weighted by molar-refractivity contribution is -2.00. The van der Waals surface area contributed by atoms with E-state index in [4.69, 9.17) is 18.6 Å². The largest absolute Gasteiger partial charge is 0.256 e. The second-order valence-electron chi connectivity index (χ2n) is 4.55. The highest BCUT2D eigenvalue weighted by atomic mass is 35.7. The Balaban J connectivity index is 0.000000309. The average Bonchev–Trinajstić information content (AvgIpc) is 2.46. The van der Waals surface area contributed by atoms with Gasteiger partial charge in [-0.1, -0.05) is 18.2 Å². The minimum absolute atomic E-state index is 1.04. The molecule has 7 heteroatoms. The molecule has 1 aromatic carbocycles. The molecule has 0 aliphatic rings. The molecule has 0 amide bonds. The Morgan fingerprint density at radius 3 is 2.14 bits per heavy atom. The van der Waals surface area contributed by atoms with Gasteiger partial charge in [-0.05, 0) is 17.7 Å². The van der Waals surface area contributed by atoms with Gasteiger partial charge in [-0.15, -0.1) is 10.2 Å². The molecule has 0 fully saturated rings. The molecule has 0 N–H and O–H groups in total. The van der Waals surface area contributed by atoms with Crippen molar-refractivity contribution in [2.45, 2.75) is 0 Å². The lowest BCUT2D eigenvalue weighted by atomic mass is 10.1. The van der Waals surface area contributed by atoms with Crippen LogP contribution in [0.2, 0.25) is 0 Å². The fourth-order valence-corrected chi connectivity index (χ4v) is 1.92. The third-order valence-corrected chi connectivity index (χ3v) is 2.90. The molecule has 2 heterocycles. The van der Waals surface area contributed by atoms with Gasteiger partial charge in [0.1, 0.15) is 7.05 Å². The van der Waals surface area contributed by atoms with Gasteiger partial charge in [0.2, 0.25) is 0 Å². The van der Waals surface area contributed by atoms with Gasteiger partial charge in [0, 0.05) is 29.3 Å². The monoisotopic (exact) mass is 320 g/mol. The second-order valence-corrected chi connectivity index (χ2v) is 5.30. The lowest BCUT2D eigenvalue weighted by Gasteiger charge is -2.17. The van der Waals surface area contributed by atoms with Crippen LogP contribution in [0.4, 0.5) is 0 Å². The zero-order valence-corrected chi connectivity index (χ0v) is 12.4. The van der Waals surface area contributed by atoms with Gasteiger partial charge in [-0.3, -0.25) is 4.98 Å². The van der Waals surface area contributed by atoms with E-state index in [-0.39, 0.29) is 0 Å². The summed E-state index contributed by atoms with van der Waals surface area (Å²) in [5, 5.41) is 1.18. The first-order chi connectivity index (χ1) is 10.3. The zero-order valence-electron chi connectivity index (χ0n) is 11.7. The van der Waals surface area contributed by atoms with Crippen molar-refractivity contribution in [3.63, 3.8) is 0 Å². The number of fused-ring (bicyclic) bond motifs is 1. The Bertz CT molecular complexity index is 751. The van der Waals surface area contributed by atoms with Crippen LogP contribution >= 0.6 is 0 Å². The molecule has 0 aliphatic heterocycles. The van der Waals surface area contributed by atoms with Crippen LogP contribution < -0.4 is 23.2 Å². The molecule has 0 unspecified atom stereocenters. The van der Waals surface area contributed by atoms with Crippen molar-refractivity contribution in [1.29, 1.82) is 0 Å². The fraction of sp³-hybridized carbons (Fsp3) is 0.0667. The van der Waals surface area contributed by atoms with Gasteiger partial charge < -0.3 is 0 Å². The Labute approximate surface area is 129 Å². The number of nitrogens with zero attached hydrogens (tertiary/aromatic N) is 2. The van der Waals surface area contributed by atoms with Gasteiger partial charge in [0.05, 0.1) is 5.52 Å². The molecule has 6 nitrogen and oxygen atoms in total. The highest BCUT2D eigenvalue weighted by Gasteiger charge is 2.01. The van der Waals surface area contributed by atoms with Gasteiger partial charge in [0.25, 0.3) is 0 Å². The maximum atomic E-state index is 8.49. The molecule has 0 spiro atoms. The maximum Gasteiger partial charge on any atom is 0.169 e. The molecule has 0 saturated heterocycles. The summed E-state index contributed by atoms with van der Waals surface area (Å²) in [4.78, 5) is 4.47. The molecular weight excluding hydrogens is 308 g/mol. The average molecular weight is 321 g/mol. The van der Waals surface area contributed by atoms with Crippen LogP contribution in [-0.2, 0) is 7.05 Å². The molecule has 0 bridgehead atoms. The molecule has 0 atom stereocenters. The number of para-hydroxylation sites is 1. The predicted octanol–water partition coefficient (Wildman–Crippen LogP) is -2.03. The van der Waals surface area contributed by atoms with Gasteiger partial charge in [-0.2, -0.15) is 0 Å². The lowest BCUT2D eigenvalue weighted by Crippen LogP contribution is -2.68. The molecular formula is C15H13ClN2O4. The van der Waals surface area contributed by atoms with E-state index in [1.165, 1.54) is 10.9 Å². The summed E-state index contributed by atoms with van der Waals surface area (Å²) in [6.45, 7) is 0. The number of aryl methyl sites for hydroxylation is 1. The molecule has 3 aromatic rings. The third-order valence-electron chi connectivity index (χ3n) is 2.90. The van der Waals surface area contributed by atoms with Crippen molar-refractivity contribution in [3.8, 4) is 11.1 Å². The number of hydrogen-bond donors (Lipinski definition) is 0. The van der Waals surface area contributed by atoms with Crippen molar-refractivity contribution in [2.24, 2.45) is 7.05 Å².